The van der Waals surface area contributed by atoms with E-state index in [1.807, 2.05) is 18.7 Å². The van der Waals surface area contributed by atoms with Crippen molar-refractivity contribution in [3.8, 4) is 0 Å². The molecule has 2 rings (SSSR count). The van der Waals surface area contributed by atoms with Gasteiger partial charge in [-0.15, -0.1) is 0 Å². The van der Waals surface area contributed by atoms with Gasteiger partial charge in [0.05, 0.1) is 17.1 Å². The number of hydrogen-bond acceptors (Lipinski definition) is 3. The average molecular weight is 281 g/mol. The van der Waals surface area contributed by atoms with Gasteiger partial charge >= 0.3 is 0 Å². The van der Waals surface area contributed by atoms with Gasteiger partial charge in [-0.1, -0.05) is 6.92 Å². The van der Waals surface area contributed by atoms with Crippen LogP contribution in [0.4, 0.5) is 5.69 Å². The summed E-state index contributed by atoms with van der Waals surface area (Å²) in [5, 5.41) is 8.57. The lowest BCUT2D eigenvalue weighted by Gasteiger charge is -2.35. The molecule has 0 unspecified atom stereocenters. The Bertz CT molecular complexity index is 460. The van der Waals surface area contributed by atoms with Gasteiger partial charge in [0.1, 0.15) is 0 Å². The Kier molecular flexibility index (Phi) is 4.42. The van der Waals surface area contributed by atoms with Crippen molar-refractivity contribution >= 4 is 23.0 Å². The van der Waals surface area contributed by atoms with Crippen molar-refractivity contribution < 1.29 is 0 Å². The molecule has 0 bridgehead atoms. The minimum atomic E-state index is 0.815. The monoisotopic (exact) mass is 281 g/mol. The highest BCUT2D eigenvalue weighted by molar-refractivity contribution is 7.80. The Balaban J connectivity index is 1.98. The Morgan fingerprint density at radius 2 is 1.89 bits per heavy atom. The zero-order valence-corrected chi connectivity index (χ0v) is 13.0. The van der Waals surface area contributed by atoms with Gasteiger partial charge < -0.3 is 15.1 Å². The first-order chi connectivity index (χ1) is 9.02. The number of rotatable bonds is 2. The zero-order chi connectivity index (χ0) is 14.0. The van der Waals surface area contributed by atoms with Gasteiger partial charge in [-0.25, -0.2) is 0 Å². The second kappa shape index (κ2) is 5.88. The van der Waals surface area contributed by atoms with Crippen molar-refractivity contribution in [3.63, 3.8) is 0 Å². The predicted octanol–water partition coefficient (Wildman–Crippen LogP) is 1.37. The summed E-state index contributed by atoms with van der Waals surface area (Å²) < 4.78 is 1.88. The van der Waals surface area contributed by atoms with E-state index in [1.54, 1.807) is 0 Å². The second-order valence-corrected chi connectivity index (χ2v) is 5.41. The number of thiocarbonyl (C=S) groups is 1. The number of likely N-dealkylation sites (N-methyl/N-ethyl adjacent to an activating group) is 1. The third kappa shape index (κ3) is 3.06. The van der Waals surface area contributed by atoms with E-state index in [0.29, 0.717) is 0 Å². The lowest BCUT2D eigenvalue weighted by molar-refractivity contribution is 0.191. The summed E-state index contributed by atoms with van der Waals surface area (Å²) in [5.41, 5.74) is 3.16. The van der Waals surface area contributed by atoms with Crippen LogP contribution in [0.15, 0.2) is 0 Å². The number of anilines is 1. The summed E-state index contributed by atoms with van der Waals surface area (Å²) >= 11 is 5.52. The molecule has 0 saturated carbocycles. The Hall–Kier alpha value is -1.14. The molecule has 0 amide bonds. The molecule has 0 aromatic carbocycles. The molecule has 1 aromatic heterocycles. The van der Waals surface area contributed by atoms with Crippen molar-refractivity contribution in [1.29, 1.82) is 0 Å². The summed E-state index contributed by atoms with van der Waals surface area (Å²) in [7, 11) is 1.95. The minimum absolute atomic E-state index is 0.815. The fourth-order valence-corrected chi connectivity index (χ4v) is 2.69. The lowest BCUT2D eigenvalue weighted by atomic mass is 10.3. The first-order valence-electron chi connectivity index (χ1n) is 6.81. The van der Waals surface area contributed by atoms with E-state index in [4.69, 9.17) is 12.2 Å². The summed E-state index contributed by atoms with van der Waals surface area (Å²) in [4.78, 5) is 4.69. The lowest BCUT2D eigenvalue weighted by Crippen LogP contribution is -2.49. The Labute approximate surface area is 120 Å². The molecular formula is C13H23N5S. The van der Waals surface area contributed by atoms with Crippen molar-refractivity contribution in [3.05, 3.63) is 11.4 Å². The first kappa shape index (κ1) is 14.3. The van der Waals surface area contributed by atoms with Crippen LogP contribution in [0, 0.1) is 13.8 Å². The van der Waals surface area contributed by atoms with E-state index in [-0.39, 0.29) is 0 Å². The Morgan fingerprint density at radius 3 is 2.37 bits per heavy atom. The maximum absolute atomic E-state index is 5.52. The molecule has 106 valence electrons. The summed E-state index contributed by atoms with van der Waals surface area (Å²) in [6.45, 7) is 11.6. The van der Waals surface area contributed by atoms with Gasteiger partial charge in [0.25, 0.3) is 0 Å². The number of nitrogens with zero attached hydrogens (tertiary/aromatic N) is 4. The average Bonchev–Trinajstić information content (AvgIpc) is 2.65. The van der Waals surface area contributed by atoms with Gasteiger partial charge in [-0.2, -0.15) is 5.10 Å². The molecule has 1 aromatic rings. The molecule has 1 fully saturated rings. The van der Waals surface area contributed by atoms with Crippen LogP contribution in [0.5, 0.6) is 0 Å². The smallest absolute Gasteiger partial charge is 0.173 e. The molecule has 1 aliphatic rings. The third-order valence-corrected chi connectivity index (χ3v) is 4.21. The fourth-order valence-electron chi connectivity index (χ4n) is 2.41. The molecule has 1 saturated heterocycles. The largest absolute Gasteiger partial charge is 0.346 e. The molecular weight excluding hydrogens is 258 g/mol. The summed E-state index contributed by atoms with van der Waals surface area (Å²) in [5.74, 6) is 0. The van der Waals surface area contributed by atoms with Crippen LogP contribution in [-0.2, 0) is 7.05 Å². The first-order valence-corrected chi connectivity index (χ1v) is 7.22. The van der Waals surface area contributed by atoms with E-state index < -0.39 is 0 Å². The highest BCUT2D eigenvalue weighted by atomic mass is 32.1. The van der Waals surface area contributed by atoms with E-state index in [0.717, 1.165) is 54.9 Å². The molecule has 5 nitrogen and oxygen atoms in total. The quantitative estimate of drug-likeness (QED) is 0.829. The van der Waals surface area contributed by atoms with E-state index in [2.05, 4.69) is 34.1 Å². The summed E-state index contributed by atoms with van der Waals surface area (Å²) in [6.07, 6.45) is 0. The number of piperazine rings is 1. The SMILES string of the molecule is CCN1CCN(C(=S)Nc2c(C)nn(C)c2C)CC1. The van der Waals surface area contributed by atoms with E-state index in [1.165, 1.54) is 0 Å². The maximum atomic E-state index is 5.52. The topological polar surface area (TPSA) is 36.3 Å². The molecule has 2 heterocycles. The highest BCUT2D eigenvalue weighted by Crippen LogP contribution is 2.19. The molecule has 6 heteroatoms. The minimum Gasteiger partial charge on any atom is -0.346 e. The predicted molar refractivity (Wildman–Crippen MR) is 82.6 cm³/mol. The number of nitrogens with one attached hydrogen (secondary N) is 1. The van der Waals surface area contributed by atoms with E-state index >= 15 is 0 Å². The standard InChI is InChI=1S/C13H23N5S/c1-5-17-6-8-18(9-7-17)13(19)14-12-10(2)15-16(4)11(12)3/h5-9H2,1-4H3,(H,14,19). The highest BCUT2D eigenvalue weighted by Gasteiger charge is 2.19. The van der Waals surface area contributed by atoms with Crippen LogP contribution >= 0.6 is 12.2 Å². The van der Waals surface area contributed by atoms with Crippen LogP contribution in [0.3, 0.4) is 0 Å². The second-order valence-electron chi connectivity index (χ2n) is 5.02. The van der Waals surface area contributed by atoms with Crippen molar-refractivity contribution in [2.45, 2.75) is 20.8 Å². The molecule has 1 aliphatic heterocycles. The van der Waals surface area contributed by atoms with Crippen LogP contribution in [0.25, 0.3) is 0 Å². The van der Waals surface area contributed by atoms with Crippen LogP contribution < -0.4 is 5.32 Å². The molecule has 19 heavy (non-hydrogen) atoms. The third-order valence-electron chi connectivity index (χ3n) is 3.85. The van der Waals surface area contributed by atoms with Gasteiger partial charge in [0, 0.05) is 33.2 Å². The maximum Gasteiger partial charge on any atom is 0.173 e. The molecule has 0 atom stereocenters. The molecule has 0 radical (unpaired) electrons. The molecule has 0 spiro atoms. The summed E-state index contributed by atoms with van der Waals surface area (Å²) in [6, 6.07) is 0. The van der Waals surface area contributed by atoms with Crippen molar-refractivity contribution in [2.24, 2.45) is 7.05 Å². The van der Waals surface area contributed by atoms with Crippen LogP contribution in [-0.4, -0.2) is 57.4 Å². The molecule has 1 N–H and O–H groups in total. The fraction of sp³-hybridized carbons (Fsp3) is 0.692. The van der Waals surface area contributed by atoms with Crippen molar-refractivity contribution in [1.82, 2.24) is 19.6 Å². The number of aryl methyl sites for hydroxylation is 2. The molecule has 0 aliphatic carbocycles. The number of hydrogen-bond donors (Lipinski definition) is 1. The zero-order valence-electron chi connectivity index (χ0n) is 12.2. The normalized spacial score (nSPS) is 16.7. The van der Waals surface area contributed by atoms with Gasteiger partial charge in [-0.3, -0.25) is 4.68 Å². The van der Waals surface area contributed by atoms with Gasteiger partial charge in [0.2, 0.25) is 0 Å². The number of aromatic nitrogens is 2. The Morgan fingerprint density at radius 1 is 1.26 bits per heavy atom. The van der Waals surface area contributed by atoms with Crippen LogP contribution in [0.1, 0.15) is 18.3 Å². The van der Waals surface area contributed by atoms with Crippen LogP contribution in [0.2, 0.25) is 0 Å². The van der Waals surface area contributed by atoms with Gasteiger partial charge in [0.15, 0.2) is 5.11 Å². The van der Waals surface area contributed by atoms with Crippen molar-refractivity contribution in [2.75, 3.05) is 38.0 Å². The van der Waals surface area contributed by atoms with E-state index in [9.17, 15) is 0 Å². The van der Waals surface area contributed by atoms with Gasteiger partial charge in [-0.05, 0) is 32.6 Å².